The van der Waals surface area contributed by atoms with Crippen molar-refractivity contribution in [2.45, 2.75) is 52.4 Å². The van der Waals surface area contributed by atoms with Gasteiger partial charge in [-0.2, -0.15) is 5.10 Å². The lowest BCUT2D eigenvalue weighted by Crippen LogP contribution is -2.65. The van der Waals surface area contributed by atoms with E-state index in [4.69, 9.17) is 21.1 Å². The van der Waals surface area contributed by atoms with Gasteiger partial charge in [-0.15, -0.1) is 0 Å². The fraction of sp³-hybridized carbons (Fsp3) is 0.565. The lowest BCUT2D eigenvalue weighted by molar-refractivity contribution is -0.191. The van der Waals surface area contributed by atoms with Crippen LogP contribution in [0.4, 0.5) is 0 Å². The molecular weight excluding hydrogens is 402 g/mol. The van der Waals surface area contributed by atoms with Gasteiger partial charge < -0.3 is 14.4 Å². The molecule has 1 aromatic carbocycles. The zero-order chi connectivity index (χ0) is 21.3. The van der Waals surface area contributed by atoms with Gasteiger partial charge in [0.15, 0.2) is 5.69 Å². The summed E-state index contributed by atoms with van der Waals surface area (Å²) in [5.74, 6) is 1.07. The lowest BCUT2D eigenvalue weighted by atomic mass is 9.64. The summed E-state index contributed by atoms with van der Waals surface area (Å²) in [6, 6.07) is 7.64. The molecule has 3 aliphatic heterocycles. The molecule has 1 aromatic heterocycles. The van der Waals surface area contributed by atoms with Crippen molar-refractivity contribution in [2.24, 2.45) is 11.3 Å². The van der Waals surface area contributed by atoms with E-state index in [1.165, 1.54) is 0 Å². The van der Waals surface area contributed by atoms with Crippen molar-refractivity contribution >= 4 is 17.5 Å². The molecule has 2 aromatic rings. The Morgan fingerprint density at radius 3 is 2.77 bits per heavy atom. The molecule has 0 saturated carbocycles. The summed E-state index contributed by atoms with van der Waals surface area (Å²) >= 11 is 6.25. The summed E-state index contributed by atoms with van der Waals surface area (Å²) in [5, 5.41) is 5.14. The highest BCUT2D eigenvalue weighted by Gasteiger charge is 2.56. The van der Waals surface area contributed by atoms with Gasteiger partial charge in [0, 0.05) is 47.2 Å². The van der Waals surface area contributed by atoms with E-state index in [0.29, 0.717) is 30.4 Å². The van der Waals surface area contributed by atoms with E-state index in [-0.39, 0.29) is 28.9 Å². The Hall–Kier alpha value is -2.05. The SMILES string of the molecule is CCn1nc(C(=O)N2CC3(CO[C@@H]4c5cc(Cl)ccc5OC(C)(C)[C@H]4C3)C2)cc1C. The first kappa shape index (κ1) is 19.9. The van der Waals surface area contributed by atoms with Gasteiger partial charge in [0.1, 0.15) is 11.4 Å². The van der Waals surface area contributed by atoms with Crippen LogP contribution in [-0.2, 0) is 11.3 Å². The van der Waals surface area contributed by atoms with Crippen LogP contribution in [0.3, 0.4) is 0 Å². The first-order chi connectivity index (χ1) is 14.2. The Morgan fingerprint density at radius 2 is 2.07 bits per heavy atom. The number of halogens is 1. The fourth-order valence-electron chi connectivity index (χ4n) is 5.35. The number of carbonyl (C=O) groups excluding carboxylic acids is 1. The first-order valence-electron chi connectivity index (χ1n) is 10.7. The number of rotatable bonds is 2. The van der Waals surface area contributed by atoms with Crippen LogP contribution in [0.15, 0.2) is 24.3 Å². The molecule has 2 fully saturated rings. The van der Waals surface area contributed by atoms with Crippen LogP contribution in [0.25, 0.3) is 0 Å². The van der Waals surface area contributed by atoms with Gasteiger partial charge >= 0.3 is 0 Å². The monoisotopic (exact) mass is 429 g/mol. The predicted octanol–water partition coefficient (Wildman–Crippen LogP) is 4.26. The zero-order valence-electron chi connectivity index (χ0n) is 17.9. The maximum atomic E-state index is 12.9. The van der Waals surface area contributed by atoms with Crippen LogP contribution in [0, 0.1) is 18.3 Å². The van der Waals surface area contributed by atoms with Crippen molar-refractivity contribution < 1.29 is 14.3 Å². The number of likely N-dealkylation sites (tertiary alicyclic amines) is 1. The van der Waals surface area contributed by atoms with Crippen molar-refractivity contribution in [3.63, 3.8) is 0 Å². The number of benzene rings is 1. The number of aromatic nitrogens is 2. The third kappa shape index (κ3) is 3.04. The summed E-state index contributed by atoms with van der Waals surface area (Å²) in [5.41, 5.74) is 2.22. The number of ether oxygens (including phenoxy) is 2. The fourth-order valence-corrected chi connectivity index (χ4v) is 5.53. The molecule has 1 spiro atoms. The van der Waals surface area contributed by atoms with Gasteiger partial charge in [-0.05, 0) is 58.4 Å². The number of hydrogen-bond donors (Lipinski definition) is 0. The topological polar surface area (TPSA) is 56.6 Å². The summed E-state index contributed by atoms with van der Waals surface area (Å²) in [4.78, 5) is 14.8. The van der Waals surface area contributed by atoms with Crippen LogP contribution in [0.2, 0.25) is 5.02 Å². The number of nitrogens with zero attached hydrogens (tertiary/aromatic N) is 3. The maximum Gasteiger partial charge on any atom is 0.274 e. The summed E-state index contributed by atoms with van der Waals surface area (Å²) in [7, 11) is 0. The molecule has 0 bridgehead atoms. The molecule has 4 heterocycles. The summed E-state index contributed by atoms with van der Waals surface area (Å²) in [6.45, 7) is 11.1. The minimum absolute atomic E-state index is 0.00864. The molecule has 2 saturated heterocycles. The second-order valence-corrected chi connectivity index (χ2v) is 10.0. The minimum Gasteiger partial charge on any atom is -0.487 e. The minimum atomic E-state index is -0.347. The van der Waals surface area contributed by atoms with E-state index in [2.05, 4.69) is 18.9 Å². The van der Waals surface area contributed by atoms with Gasteiger partial charge in [0.2, 0.25) is 0 Å². The van der Waals surface area contributed by atoms with E-state index >= 15 is 0 Å². The number of aryl methyl sites for hydroxylation is 2. The molecule has 0 N–H and O–H groups in total. The average molecular weight is 430 g/mol. The molecule has 0 radical (unpaired) electrons. The van der Waals surface area contributed by atoms with Crippen LogP contribution in [0.5, 0.6) is 5.75 Å². The molecule has 3 aliphatic rings. The smallest absolute Gasteiger partial charge is 0.274 e. The number of carbonyl (C=O) groups is 1. The lowest BCUT2D eigenvalue weighted by Gasteiger charge is -2.58. The number of hydrogen-bond acceptors (Lipinski definition) is 4. The van der Waals surface area contributed by atoms with E-state index in [0.717, 1.165) is 30.0 Å². The second kappa shape index (κ2) is 6.72. The molecule has 1 amide bonds. The Balaban J connectivity index is 1.33. The van der Waals surface area contributed by atoms with Crippen LogP contribution in [0.1, 0.15) is 55.0 Å². The van der Waals surface area contributed by atoms with Crippen molar-refractivity contribution in [3.05, 3.63) is 46.2 Å². The van der Waals surface area contributed by atoms with E-state index in [1.807, 2.05) is 47.7 Å². The molecule has 30 heavy (non-hydrogen) atoms. The molecule has 6 nitrogen and oxygen atoms in total. The van der Waals surface area contributed by atoms with E-state index in [9.17, 15) is 4.79 Å². The Bertz CT molecular complexity index is 1010. The van der Waals surface area contributed by atoms with Crippen LogP contribution < -0.4 is 4.74 Å². The van der Waals surface area contributed by atoms with Crippen LogP contribution >= 0.6 is 11.6 Å². The maximum absolute atomic E-state index is 12.9. The van der Waals surface area contributed by atoms with Gasteiger partial charge in [-0.25, -0.2) is 0 Å². The molecule has 0 aliphatic carbocycles. The third-order valence-electron chi connectivity index (χ3n) is 6.97. The largest absolute Gasteiger partial charge is 0.487 e. The van der Waals surface area contributed by atoms with E-state index < -0.39 is 0 Å². The van der Waals surface area contributed by atoms with Crippen molar-refractivity contribution in [2.75, 3.05) is 19.7 Å². The number of fused-ring (bicyclic) bond motifs is 3. The van der Waals surface area contributed by atoms with Crippen molar-refractivity contribution in [3.8, 4) is 5.75 Å². The van der Waals surface area contributed by atoms with Gasteiger partial charge in [-0.3, -0.25) is 9.48 Å². The summed E-state index contributed by atoms with van der Waals surface area (Å²) in [6.07, 6.45) is 0.934. The highest BCUT2D eigenvalue weighted by molar-refractivity contribution is 6.30. The standard InChI is InChI=1S/C23H28ClN3O3/c1-5-27-14(2)8-18(25-27)21(28)26-11-23(12-26)10-17-20(29-13-23)16-9-15(24)6-7-19(16)30-22(17,3)4/h6-9,17,20H,5,10-13H2,1-4H3/t17-,20+/m0/s1. The van der Waals surface area contributed by atoms with Crippen LogP contribution in [-0.4, -0.2) is 45.9 Å². The van der Waals surface area contributed by atoms with E-state index in [1.54, 1.807) is 0 Å². The van der Waals surface area contributed by atoms with Crippen molar-refractivity contribution in [1.29, 1.82) is 0 Å². The van der Waals surface area contributed by atoms with Gasteiger partial charge in [0.25, 0.3) is 5.91 Å². The molecular formula is C23H28ClN3O3. The zero-order valence-corrected chi connectivity index (χ0v) is 18.7. The number of amides is 1. The van der Waals surface area contributed by atoms with Crippen molar-refractivity contribution in [1.82, 2.24) is 14.7 Å². The van der Waals surface area contributed by atoms with Gasteiger partial charge in [0.05, 0.1) is 12.7 Å². The normalized spacial score (nSPS) is 25.8. The highest BCUT2D eigenvalue weighted by Crippen LogP contribution is 2.55. The molecule has 7 heteroatoms. The average Bonchev–Trinajstić information content (AvgIpc) is 3.06. The Kier molecular flexibility index (Phi) is 4.46. The Morgan fingerprint density at radius 1 is 1.30 bits per heavy atom. The first-order valence-corrected chi connectivity index (χ1v) is 11.0. The van der Waals surface area contributed by atoms with Gasteiger partial charge in [-0.1, -0.05) is 11.6 Å². The summed E-state index contributed by atoms with van der Waals surface area (Å²) < 4.78 is 14.6. The second-order valence-electron chi connectivity index (χ2n) is 9.58. The quantitative estimate of drug-likeness (QED) is 0.715. The molecule has 160 valence electrons. The predicted molar refractivity (Wildman–Crippen MR) is 114 cm³/mol. The molecule has 0 unspecified atom stereocenters. The molecule has 2 atom stereocenters. The third-order valence-corrected chi connectivity index (χ3v) is 7.21. The molecule has 5 rings (SSSR count). The highest BCUT2D eigenvalue weighted by atomic mass is 35.5. The Labute approximate surface area is 182 Å².